The number of hydrogen-bond donors (Lipinski definition) is 1. The molecule has 0 heterocycles. The Balaban J connectivity index is 1.91. The van der Waals surface area contributed by atoms with Gasteiger partial charge in [0.05, 0.1) is 7.11 Å². The van der Waals surface area contributed by atoms with Crippen LogP contribution < -0.4 is 10.1 Å². The van der Waals surface area contributed by atoms with Crippen LogP contribution in [0.3, 0.4) is 0 Å². The highest BCUT2D eigenvalue weighted by Crippen LogP contribution is 2.25. The summed E-state index contributed by atoms with van der Waals surface area (Å²) in [7, 11) is 1.49. The van der Waals surface area contributed by atoms with E-state index in [9.17, 15) is 4.39 Å². The summed E-state index contributed by atoms with van der Waals surface area (Å²) < 4.78 is 18.5. The Morgan fingerprint density at radius 3 is 2.72 bits per heavy atom. The number of benzene rings is 1. The molecule has 1 atom stereocenters. The lowest BCUT2D eigenvalue weighted by Crippen LogP contribution is -2.24. The predicted octanol–water partition coefficient (Wildman–Crippen LogP) is 3.68. The third-order valence-electron chi connectivity index (χ3n) is 3.86. The van der Waals surface area contributed by atoms with Crippen molar-refractivity contribution in [2.75, 3.05) is 13.7 Å². The van der Waals surface area contributed by atoms with E-state index in [1.807, 2.05) is 6.07 Å². The monoisotopic (exact) mass is 251 g/mol. The SMILES string of the molecule is COc1ccc(C(C)NCC2CCCC2)cc1F. The van der Waals surface area contributed by atoms with E-state index >= 15 is 0 Å². The smallest absolute Gasteiger partial charge is 0.165 e. The van der Waals surface area contributed by atoms with Crippen molar-refractivity contribution >= 4 is 0 Å². The second kappa shape index (κ2) is 6.19. The van der Waals surface area contributed by atoms with Crippen molar-refractivity contribution in [2.45, 2.75) is 38.6 Å². The molecule has 1 N–H and O–H groups in total. The van der Waals surface area contributed by atoms with Crippen LogP contribution >= 0.6 is 0 Å². The van der Waals surface area contributed by atoms with Crippen molar-refractivity contribution < 1.29 is 9.13 Å². The van der Waals surface area contributed by atoms with Gasteiger partial charge in [0.2, 0.25) is 0 Å². The van der Waals surface area contributed by atoms with E-state index in [4.69, 9.17) is 4.74 Å². The summed E-state index contributed by atoms with van der Waals surface area (Å²) in [5.41, 5.74) is 0.978. The van der Waals surface area contributed by atoms with E-state index in [-0.39, 0.29) is 11.9 Å². The molecule has 0 amide bonds. The Morgan fingerprint density at radius 2 is 2.11 bits per heavy atom. The molecule has 0 radical (unpaired) electrons. The molecule has 0 saturated heterocycles. The molecule has 0 spiro atoms. The normalized spacial score (nSPS) is 17.9. The standard InChI is InChI=1S/C15H22FNO/c1-11(17-10-12-5-3-4-6-12)13-7-8-15(18-2)14(16)9-13/h7-9,11-12,17H,3-6,10H2,1-2H3. The molecule has 0 aromatic heterocycles. The molecule has 0 bridgehead atoms. The van der Waals surface area contributed by atoms with Gasteiger partial charge >= 0.3 is 0 Å². The minimum atomic E-state index is -0.287. The Labute approximate surface area is 109 Å². The zero-order valence-corrected chi connectivity index (χ0v) is 11.2. The summed E-state index contributed by atoms with van der Waals surface area (Å²) in [6.07, 6.45) is 5.38. The molecule has 100 valence electrons. The van der Waals surface area contributed by atoms with E-state index < -0.39 is 0 Å². The van der Waals surface area contributed by atoms with Crippen LogP contribution in [0.25, 0.3) is 0 Å². The lowest BCUT2D eigenvalue weighted by atomic mass is 10.1. The van der Waals surface area contributed by atoms with E-state index in [0.717, 1.165) is 18.0 Å². The maximum absolute atomic E-state index is 13.6. The molecule has 1 aromatic carbocycles. The van der Waals surface area contributed by atoms with Gasteiger partial charge in [-0.05, 0) is 49.9 Å². The number of methoxy groups -OCH3 is 1. The third kappa shape index (κ3) is 3.22. The van der Waals surface area contributed by atoms with Crippen molar-refractivity contribution in [1.82, 2.24) is 5.32 Å². The molecule has 1 saturated carbocycles. The summed E-state index contributed by atoms with van der Waals surface area (Å²) in [6, 6.07) is 5.36. The van der Waals surface area contributed by atoms with Gasteiger partial charge in [-0.1, -0.05) is 18.9 Å². The first-order valence-corrected chi connectivity index (χ1v) is 6.77. The molecule has 2 rings (SSSR count). The van der Waals surface area contributed by atoms with Crippen LogP contribution in [0.4, 0.5) is 4.39 Å². The second-order valence-corrected chi connectivity index (χ2v) is 5.17. The van der Waals surface area contributed by atoms with Gasteiger partial charge in [-0.2, -0.15) is 0 Å². The van der Waals surface area contributed by atoms with Crippen LogP contribution in [0.2, 0.25) is 0 Å². The van der Waals surface area contributed by atoms with Gasteiger partial charge in [-0.25, -0.2) is 4.39 Å². The largest absolute Gasteiger partial charge is 0.494 e. The Bertz CT molecular complexity index is 388. The quantitative estimate of drug-likeness (QED) is 0.862. The molecular formula is C15H22FNO. The summed E-state index contributed by atoms with van der Waals surface area (Å²) >= 11 is 0. The second-order valence-electron chi connectivity index (χ2n) is 5.17. The number of rotatable bonds is 5. The van der Waals surface area contributed by atoms with Crippen LogP contribution in [0.5, 0.6) is 5.75 Å². The lowest BCUT2D eigenvalue weighted by molar-refractivity contribution is 0.385. The zero-order chi connectivity index (χ0) is 13.0. The average Bonchev–Trinajstić information content (AvgIpc) is 2.89. The van der Waals surface area contributed by atoms with Crippen molar-refractivity contribution in [1.29, 1.82) is 0 Å². The number of ether oxygens (including phenoxy) is 1. The highest BCUT2D eigenvalue weighted by Gasteiger charge is 2.16. The van der Waals surface area contributed by atoms with Gasteiger partial charge in [0, 0.05) is 6.04 Å². The molecule has 1 unspecified atom stereocenters. The highest BCUT2D eigenvalue weighted by molar-refractivity contribution is 5.30. The van der Waals surface area contributed by atoms with Crippen molar-refractivity contribution in [2.24, 2.45) is 5.92 Å². The summed E-state index contributed by atoms with van der Waals surface area (Å²) in [5.74, 6) is 0.821. The summed E-state index contributed by atoms with van der Waals surface area (Å²) in [4.78, 5) is 0. The number of halogens is 1. The molecule has 2 nitrogen and oxygen atoms in total. The van der Waals surface area contributed by atoms with E-state index in [1.165, 1.54) is 32.8 Å². The zero-order valence-electron chi connectivity index (χ0n) is 11.2. The average molecular weight is 251 g/mol. The van der Waals surface area contributed by atoms with Gasteiger partial charge in [0.15, 0.2) is 11.6 Å². The van der Waals surface area contributed by atoms with Crippen LogP contribution in [-0.4, -0.2) is 13.7 Å². The first kappa shape index (κ1) is 13.3. The first-order chi connectivity index (χ1) is 8.70. The van der Waals surface area contributed by atoms with Crippen LogP contribution in [-0.2, 0) is 0 Å². The van der Waals surface area contributed by atoms with Crippen molar-refractivity contribution in [3.63, 3.8) is 0 Å². The maximum Gasteiger partial charge on any atom is 0.165 e. The number of nitrogens with one attached hydrogen (secondary N) is 1. The van der Waals surface area contributed by atoms with Crippen LogP contribution in [0.15, 0.2) is 18.2 Å². The molecule has 1 fully saturated rings. The maximum atomic E-state index is 13.6. The van der Waals surface area contributed by atoms with Crippen molar-refractivity contribution in [3.8, 4) is 5.75 Å². The Kier molecular flexibility index (Phi) is 4.59. The molecular weight excluding hydrogens is 229 g/mol. The van der Waals surface area contributed by atoms with E-state index in [1.54, 1.807) is 12.1 Å². The fourth-order valence-corrected chi connectivity index (χ4v) is 2.63. The van der Waals surface area contributed by atoms with E-state index in [2.05, 4.69) is 12.2 Å². The molecule has 1 aromatic rings. The van der Waals surface area contributed by atoms with Crippen molar-refractivity contribution in [3.05, 3.63) is 29.6 Å². The number of hydrogen-bond acceptors (Lipinski definition) is 2. The summed E-state index contributed by atoms with van der Waals surface area (Å²) in [6.45, 7) is 3.12. The molecule has 1 aliphatic carbocycles. The van der Waals surface area contributed by atoms with Gasteiger partial charge in [-0.3, -0.25) is 0 Å². The highest BCUT2D eigenvalue weighted by atomic mass is 19.1. The molecule has 0 aliphatic heterocycles. The fourth-order valence-electron chi connectivity index (χ4n) is 2.63. The topological polar surface area (TPSA) is 21.3 Å². The van der Waals surface area contributed by atoms with Gasteiger partial charge < -0.3 is 10.1 Å². The van der Waals surface area contributed by atoms with Crippen LogP contribution in [0.1, 0.15) is 44.2 Å². The fraction of sp³-hybridized carbons (Fsp3) is 0.600. The minimum Gasteiger partial charge on any atom is -0.494 e. The van der Waals surface area contributed by atoms with Crippen LogP contribution in [0, 0.1) is 11.7 Å². The third-order valence-corrected chi connectivity index (χ3v) is 3.86. The predicted molar refractivity (Wildman–Crippen MR) is 71.3 cm³/mol. The van der Waals surface area contributed by atoms with E-state index in [0.29, 0.717) is 5.75 Å². The lowest BCUT2D eigenvalue weighted by Gasteiger charge is -2.18. The van der Waals surface area contributed by atoms with Gasteiger partial charge in [0.1, 0.15) is 0 Å². The summed E-state index contributed by atoms with van der Waals surface area (Å²) in [5, 5.41) is 3.50. The molecule has 3 heteroatoms. The Morgan fingerprint density at radius 1 is 1.39 bits per heavy atom. The van der Waals surface area contributed by atoms with Gasteiger partial charge in [-0.15, -0.1) is 0 Å². The Hall–Kier alpha value is -1.09. The molecule has 18 heavy (non-hydrogen) atoms. The first-order valence-electron chi connectivity index (χ1n) is 6.77. The minimum absolute atomic E-state index is 0.186. The molecule has 1 aliphatic rings. The van der Waals surface area contributed by atoms with Gasteiger partial charge in [0.25, 0.3) is 0 Å².